The second-order valence-electron chi connectivity index (χ2n) is 6.92. The number of hydrogen-bond acceptors (Lipinski definition) is 4. The summed E-state index contributed by atoms with van der Waals surface area (Å²) in [7, 11) is 2.20. The van der Waals surface area contributed by atoms with Gasteiger partial charge in [0.25, 0.3) is 0 Å². The summed E-state index contributed by atoms with van der Waals surface area (Å²) in [6.45, 7) is 5.02. The van der Waals surface area contributed by atoms with Crippen molar-refractivity contribution in [3.8, 4) is 5.75 Å². The number of allylic oxidation sites excluding steroid dienone is 1. The monoisotopic (exact) mass is 313 g/mol. The van der Waals surface area contributed by atoms with E-state index < -0.39 is 0 Å². The molecule has 4 nitrogen and oxygen atoms in total. The molecule has 23 heavy (non-hydrogen) atoms. The van der Waals surface area contributed by atoms with Crippen LogP contribution in [0.2, 0.25) is 0 Å². The van der Waals surface area contributed by atoms with Gasteiger partial charge in [-0.15, -0.1) is 0 Å². The topological polar surface area (TPSA) is 39.1 Å². The average Bonchev–Trinajstić information content (AvgIpc) is 2.55. The summed E-state index contributed by atoms with van der Waals surface area (Å²) in [5, 5.41) is 9.67. The minimum Gasteiger partial charge on any atom is -0.508 e. The fourth-order valence-corrected chi connectivity index (χ4v) is 3.68. The van der Waals surface area contributed by atoms with Crippen LogP contribution < -0.4 is 4.90 Å². The predicted octanol–water partition coefficient (Wildman–Crippen LogP) is 3.90. The number of aliphatic imine (C=N–C) groups is 1. The largest absolute Gasteiger partial charge is 0.508 e. The lowest BCUT2D eigenvalue weighted by Crippen LogP contribution is -2.42. The van der Waals surface area contributed by atoms with E-state index in [0.29, 0.717) is 18.5 Å². The van der Waals surface area contributed by atoms with Crippen molar-refractivity contribution in [2.45, 2.75) is 45.6 Å². The van der Waals surface area contributed by atoms with Crippen LogP contribution in [0.25, 0.3) is 0 Å². The summed E-state index contributed by atoms with van der Waals surface area (Å²) in [6.07, 6.45) is 9.16. The van der Waals surface area contributed by atoms with Gasteiger partial charge in [0.15, 0.2) is 0 Å². The number of phenolic OH excluding ortho intramolecular Hbond substituents is 1. The van der Waals surface area contributed by atoms with Crippen molar-refractivity contribution < 1.29 is 5.11 Å². The van der Waals surface area contributed by atoms with Crippen molar-refractivity contribution in [3.63, 3.8) is 0 Å². The van der Waals surface area contributed by atoms with Gasteiger partial charge in [0.05, 0.1) is 0 Å². The van der Waals surface area contributed by atoms with Crippen molar-refractivity contribution in [2.24, 2.45) is 10.9 Å². The number of hydrogen-bond donors (Lipinski definition) is 1. The van der Waals surface area contributed by atoms with Crippen molar-refractivity contribution in [1.29, 1.82) is 0 Å². The lowest BCUT2D eigenvalue weighted by Gasteiger charge is -2.41. The number of benzene rings is 1. The Morgan fingerprint density at radius 3 is 2.65 bits per heavy atom. The van der Waals surface area contributed by atoms with E-state index in [1.165, 1.54) is 31.5 Å². The van der Waals surface area contributed by atoms with E-state index in [0.717, 1.165) is 17.2 Å². The Morgan fingerprint density at radius 1 is 1.22 bits per heavy atom. The molecule has 2 aliphatic rings. The van der Waals surface area contributed by atoms with Crippen molar-refractivity contribution >= 4 is 11.9 Å². The van der Waals surface area contributed by atoms with Crippen molar-refractivity contribution in [3.05, 3.63) is 35.7 Å². The molecule has 0 radical (unpaired) electrons. The van der Waals surface area contributed by atoms with Gasteiger partial charge in [0.1, 0.15) is 18.2 Å². The Kier molecular flexibility index (Phi) is 4.60. The summed E-state index contributed by atoms with van der Waals surface area (Å²) < 4.78 is 0. The third-order valence-electron chi connectivity index (χ3n) is 5.19. The zero-order valence-electron chi connectivity index (χ0n) is 14.4. The number of aryl methyl sites for hydroxylation is 1. The SMILES string of the molecule is Cc1cc(O)ccc1N1CN=CC=C1N(C)C1CCC(C)CC1. The van der Waals surface area contributed by atoms with Gasteiger partial charge in [0.2, 0.25) is 0 Å². The first-order chi connectivity index (χ1) is 11.1. The fraction of sp³-hybridized carbons (Fsp3) is 0.526. The van der Waals surface area contributed by atoms with E-state index in [9.17, 15) is 5.11 Å². The van der Waals surface area contributed by atoms with Crippen LogP contribution in [0, 0.1) is 12.8 Å². The first-order valence-electron chi connectivity index (χ1n) is 8.56. The number of nitrogens with zero attached hydrogens (tertiary/aromatic N) is 3. The number of rotatable bonds is 3. The first-order valence-corrected chi connectivity index (χ1v) is 8.56. The van der Waals surface area contributed by atoms with Crippen LogP contribution in [-0.4, -0.2) is 36.0 Å². The normalized spacial score (nSPS) is 24.5. The van der Waals surface area contributed by atoms with E-state index in [2.05, 4.69) is 34.8 Å². The van der Waals surface area contributed by atoms with Crippen molar-refractivity contribution in [2.75, 3.05) is 18.6 Å². The first kappa shape index (κ1) is 15.9. The highest BCUT2D eigenvalue weighted by atomic mass is 16.3. The third kappa shape index (κ3) is 3.36. The lowest BCUT2D eigenvalue weighted by molar-refractivity contribution is 0.202. The van der Waals surface area contributed by atoms with Crippen LogP contribution in [0.1, 0.15) is 38.2 Å². The highest BCUT2D eigenvalue weighted by Crippen LogP contribution is 2.33. The van der Waals surface area contributed by atoms with Gasteiger partial charge in [-0.05, 0) is 68.4 Å². The maximum atomic E-state index is 9.67. The molecule has 1 aliphatic heterocycles. The number of anilines is 1. The lowest BCUT2D eigenvalue weighted by atomic mass is 9.87. The van der Waals surface area contributed by atoms with Crippen LogP contribution in [0.3, 0.4) is 0 Å². The minimum atomic E-state index is 0.312. The van der Waals surface area contributed by atoms with Gasteiger partial charge in [-0.3, -0.25) is 4.99 Å². The molecule has 1 heterocycles. The van der Waals surface area contributed by atoms with Crippen LogP contribution in [0.4, 0.5) is 5.69 Å². The molecular formula is C19H27N3O. The molecule has 0 atom stereocenters. The molecule has 0 aromatic heterocycles. The molecule has 0 spiro atoms. The maximum absolute atomic E-state index is 9.67. The van der Waals surface area contributed by atoms with E-state index in [1.807, 2.05) is 25.3 Å². The molecule has 0 saturated heterocycles. The molecule has 1 aromatic rings. The maximum Gasteiger partial charge on any atom is 0.116 e. The standard InChI is InChI=1S/C19H27N3O/c1-14-4-6-16(7-5-14)21(3)19-10-11-20-13-22(19)18-9-8-17(23)12-15(18)2/h8-12,14,16,23H,4-7,13H2,1-3H3. The molecule has 0 amide bonds. The third-order valence-corrected chi connectivity index (χ3v) is 5.19. The Bertz CT molecular complexity index is 615. The van der Waals surface area contributed by atoms with Crippen LogP contribution in [0.5, 0.6) is 5.75 Å². The van der Waals surface area contributed by atoms with Crippen LogP contribution in [-0.2, 0) is 0 Å². The number of phenols is 1. The summed E-state index contributed by atoms with van der Waals surface area (Å²) in [4.78, 5) is 9.09. The molecule has 1 N–H and O–H groups in total. The average molecular weight is 313 g/mol. The van der Waals surface area contributed by atoms with E-state index in [1.54, 1.807) is 6.07 Å². The van der Waals surface area contributed by atoms with E-state index >= 15 is 0 Å². The highest BCUT2D eigenvalue weighted by Gasteiger charge is 2.27. The summed E-state index contributed by atoms with van der Waals surface area (Å²) in [5.41, 5.74) is 2.18. The molecule has 1 aromatic carbocycles. The van der Waals surface area contributed by atoms with Crippen LogP contribution in [0.15, 0.2) is 35.1 Å². The molecule has 1 aliphatic carbocycles. The Balaban J connectivity index is 1.83. The van der Waals surface area contributed by atoms with Gasteiger partial charge >= 0.3 is 0 Å². The smallest absolute Gasteiger partial charge is 0.116 e. The van der Waals surface area contributed by atoms with Gasteiger partial charge < -0.3 is 14.9 Å². The molecule has 1 saturated carbocycles. The molecule has 4 heteroatoms. The van der Waals surface area contributed by atoms with Gasteiger partial charge in [-0.2, -0.15) is 0 Å². The predicted molar refractivity (Wildman–Crippen MR) is 95.9 cm³/mol. The molecule has 1 fully saturated rings. The van der Waals surface area contributed by atoms with Crippen LogP contribution >= 0.6 is 0 Å². The fourth-order valence-electron chi connectivity index (χ4n) is 3.68. The second-order valence-corrected chi connectivity index (χ2v) is 6.92. The zero-order chi connectivity index (χ0) is 16.4. The van der Waals surface area contributed by atoms with E-state index in [4.69, 9.17) is 0 Å². The molecule has 3 rings (SSSR count). The van der Waals surface area contributed by atoms with Gasteiger partial charge in [0, 0.05) is 25.0 Å². The molecule has 0 unspecified atom stereocenters. The van der Waals surface area contributed by atoms with Gasteiger partial charge in [-0.25, -0.2) is 0 Å². The quantitative estimate of drug-likeness (QED) is 0.920. The molecule has 0 bridgehead atoms. The molecular weight excluding hydrogens is 286 g/mol. The van der Waals surface area contributed by atoms with E-state index in [-0.39, 0.29) is 0 Å². The van der Waals surface area contributed by atoms with Crippen molar-refractivity contribution in [1.82, 2.24) is 4.90 Å². The van der Waals surface area contributed by atoms with Gasteiger partial charge in [-0.1, -0.05) is 6.92 Å². The summed E-state index contributed by atoms with van der Waals surface area (Å²) in [5.74, 6) is 2.37. The zero-order valence-corrected chi connectivity index (χ0v) is 14.4. The Hall–Kier alpha value is -1.97. The summed E-state index contributed by atoms with van der Waals surface area (Å²) in [6, 6.07) is 6.15. The highest BCUT2D eigenvalue weighted by molar-refractivity contribution is 5.76. The molecule has 124 valence electrons. The summed E-state index contributed by atoms with van der Waals surface area (Å²) >= 11 is 0. The Labute approximate surface area is 139 Å². The Morgan fingerprint density at radius 2 is 1.96 bits per heavy atom. The second kappa shape index (κ2) is 6.65. The minimum absolute atomic E-state index is 0.312. The number of aromatic hydroxyl groups is 1.